The molecular formula is C21H24N6O3. The van der Waals surface area contributed by atoms with Crippen molar-refractivity contribution in [2.75, 3.05) is 50.1 Å². The SMILES string of the molecule is CN(CC(=O)Nc1ccc(N2CCOCC2)cc1)Cn1nnc2ccccc2c1=O. The molecular weight excluding hydrogens is 384 g/mol. The number of benzene rings is 2. The van der Waals surface area contributed by atoms with Gasteiger partial charge in [-0.2, -0.15) is 4.68 Å². The van der Waals surface area contributed by atoms with E-state index < -0.39 is 0 Å². The Hall–Kier alpha value is -3.30. The van der Waals surface area contributed by atoms with Crippen LogP contribution < -0.4 is 15.8 Å². The molecule has 9 heteroatoms. The first-order valence-electron chi connectivity index (χ1n) is 9.84. The van der Waals surface area contributed by atoms with Crippen LogP contribution in [0, 0.1) is 0 Å². The van der Waals surface area contributed by atoms with Gasteiger partial charge in [-0.3, -0.25) is 14.5 Å². The van der Waals surface area contributed by atoms with E-state index in [0.29, 0.717) is 10.9 Å². The monoisotopic (exact) mass is 408 g/mol. The number of morpholine rings is 1. The summed E-state index contributed by atoms with van der Waals surface area (Å²) in [4.78, 5) is 28.9. The second kappa shape index (κ2) is 9.02. The quantitative estimate of drug-likeness (QED) is 0.654. The molecule has 1 aliphatic rings. The maximum atomic E-state index is 12.5. The Balaban J connectivity index is 1.33. The third-order valence-corrected chi connectivity index (χ3v) is 4.95. The van der Waals surface area contributed by atoms with Gasteiger partial charge in [-0.1, -0.05) is 17.3 Å². The van der Waals surface area contributed by atoms with E-state index in [1.165, 1.54) is 4.68 Å². The molecule has 1 aromatic heterocycles. The van der Waals surface area contributed by atoms with E-state index in [2.05, 4.69) is 20.5 Å². The number of ether oxygens (including phenoxy) is 1. The van der Waals surface area contributed by atoms with Gasteiger partial charge in [0.2, 0.25) is 5.91 Å². The molecule has 30 heavy (non-hydrogen) atoms. The van der Waals surface area contributed by atoms with Crippen molar-refractivity contribution < 1.29 is 9.53 Å². The third-order valence-electron chi connectivity index (χ3n) is 4.95. The molecule has 1 N–H and O–H groups in total. The van der Waals surface area contributed by atoms with Crippen LogP contribution in [0.5, 0.6) is 0 Å². The first kappa shape index (κ1) is 20.0. The standard InChI is InChI=1S/C21H24N6O3/c1-25(15-27-21(29)18-4-2-3-5-19(18)23-24-27)14-20(28)22-16-6-8-17(9-7-16)26-10-12-30-13-11-26/h2-9H,10-15H2,1H3,(H,22,28). The molecule has 0 spiro atoms. The van der Waals surface area contributed by atoms with Gasteiger partial charge in [0.25, 0.3) is 5.56 Å². The third kappa shape index (κ3) is 4.64. The molecule has 2 aromatic carbocycles. The molecule has 0 saturated carbocycles. The van der Waals surface area contributed by atoms with Crippen molar-refractivity contribution in [2.45, 2.75) is 6.67 Å². The fraction of sp³-hybridized carbons (Fsp3) is 0.333. The summed E-state index contributed by atoms with van der Waals surface area (Å²) < 4.78 is 6.63. The number of carbonyl (C=O) groups is 1. The van der Waals surface area contributed by atoms with Crippen LogP contribution in [-0.4, -0.2) is 65.7 Å². The number of nitrogens with zero attached hydrogens (tertiary/aromatic N) is 5. The number of anilines is 2. The van der Waals surface area contributed by atoms with Crippen molar-refractivity contribution in [3.05, 3.63) is 58.9 Å². The van der Waals surface area contributed by atoms with Gasteiger partial charge in [0.15, 0.2) is 0 Å². The topological polar surface area (TPSA) is 92.6 Å². The Morgan fingerprint density at radius 1 is 1.13 bits per heavy atom. The molecule has 0 atom stereocenters. The summed E-state index contributed by atoms with van der Waals surface area (Å²) in [5.41, 5.74) is 2.17. The van der Waals surface area contributed by atoms with Crippen LogP contribution in [0.2, 0.25) is 0 Å². The molecule has 1 aliphatic heterocycles. The average molecular weight is 408 g/mol. The molecule has 0 bridgehead atoms. The largest absolute Gasteiger partial charge is 0.378 e. The molecule has 0 aliphatic carbocycles. The van der Waals surface area contributed by atoms with Crippen molar-refractivity contribution in [3.8, 4) is 0 Å². The highest BCUT2D eigenvalue weighted by Crippen LogP contribution is 2.19. The van der Waals surface area contributed by atoms with Crippen molar-refractivity contribution in [1.29, 1.82) is 0 Å². The first-order valence-corrected chi connectivity index (χ1v) is 9.84. The number of rotatable bonds is 6. The summed E-state index contributed by atoms with van der Waals surface area (Å²) in [7, 11) is 1.75. The summed E-state index contributed by atoms with van der Waals surface area (Å²) in [6.45, 7) is 3.48. The van der Waals surface area contributed by atoms with E-state index in [1.807, 2.05) is 30.3 Å². The molecule has 1 saturated heterocycles. The lowest BCUT2D eigenvalue weighted by molar-refractivity contribution is -0.117. The number of amides is 1. The molecule has 1 amide bonds. The lowest BCUT2D eigenvalue weighted by atomic mass is 10.2. The minimum atomic E-state index is -0.230. The van der Waals surface area contributed by atoms with Crippen molar-refractivity contribution >= 4 is 28.2 Å². The molecule has 9 nitrogen and oxygen atoms in total. The second-order valence-electron chi connectivity index (χ2n) is 7.26. The summed E-state index contributed by atoms with van der Waals surface area (Å²) in [5.74, 6) is -0.168. The van der Waals surface area contributed by atoms with Gasteiger partial charge in [0, 0.05) is 24.5 Å². The Labute approximate surface area is 173 Å². The van der Waals surface area contributed by atoms with E-state index >= 15 is 0 Å². The fourth-order valence-corrected chi connectivity index (χ4v) is 3.42. The van der Waals surface area contributed by atoms with Crippen LogP contribution in [0.15, 0.2) is 53.3 Å². The number of carbonyl (C=O) groups excluding carboxylic acids is 1. The predicted molar refractivity (Wildman–Crippen MR) is 115 cm³/mol. The van der Waals surface area contributed by atoms with Gasteiger partial charge in [0.1, 0.15) is 5.52 Å². The van der Waals surface area contributed by atoms with E-state index in [-0.39, 0.29) is 24.7 Å². The van der Waals surface area contributed by atoms with Crippen LogP contribution in [-0.2, 0) is 16.2 Å². The minimum absolute atomic E-state index is 0.117. The Morgan fingerprint density at radius 3 is 2.63 bits per heavy atom. The fourth-order valence-electron chi connectivity index (χ4n) is 3.42. The first-order chi connectivity index (χ1) is 14.6. The number of nitrogens with one attached hydrogen (secondary N) is 1. The maximum Gasteiger partial charge on any atom is 0.278 e. The minimum Gasteiger partial charge on any atom is -0.378 e. The summed E-state index contributed by atoms with van der Waals surface area (Å²) >= 11 is 0. The second-order valence-corrected chi connectivity index (χ2v) is 7.26. The molecule has 0 unspecified atom stereocenters. The predicted octanol–water partition coefficient (Wildman–Crippen LogP) is 1.16. The highest BCUT2D eigenvalue weighted by atomic mass is 16.5. The zero-order chi connectivity index (χ0) is 20.9. The Morgan fingerprint density at radius 2 is 1.87 bits per heavy atom. The lowest BCUT2D eigenvalue weighted by Gasteiger charge is -2.28. The number of aromatic nitrogens is 3. The Kier molecular flexibility index (Phi) is 6.01. The van der Waals surface area contributed by atoms with Crippen LogP contribution in [0.1, 0.15) is 0 Å². The molecule has 2 heterocycles. The van der Waals surface area contributed by atoms with E-state index in [1.54, 1.807) is 30.1 Å². The van der Waals surface area contributed by atoms with Gasteiger partial charge >= 0.3 is 0 Å². The number of fused-ring (bicyclic) bond motifs is 1. The summed E-state index contributed by atoms with van der Waals surface area (Å²) in [6, 6.07) is 14.8. The summed E-state index contributed by atoms with van der Waals surface area (Å²) in [5, 5.41) is 11.4. The van der Waals surface area contributed by atoms with Gasteiger partial charge < -0.3 is 15.0 Å². The van der Waals surface area contributed by atoms with E-state index in [0.717, 1.165) is 37.7 Å². The highest BCUT2D eigenvalue weighted by molar-refractivity contribution is 5.92. The van der Waals surface area contributed by atoms with Gasteiger partial charge in [0.05, 0.1) is 31.8 Å². The van der Waals surface area contributed by atoms with E-state index in [4.69, 9.17) is 4.74 Å². The van der Waals surface area contributed by atoms with Crippen LogP contribution in [0.4, 0.5) is 11.4 Å². The highest BCUT2D eigenvalue weighted by Gasteiger charge is 2.13. The molecule has 0 radical (unpaired) electrons. The van der Waals surface area contributed by atoms with Gasteiger partial charge in [-0.05, 0) is 43.4 Å². The van der Waals surface area contributed by atoms with E-state index in [9.17, 15) is 9.59 Å². The van der Waals surface area contributed by atoms with Crippen molar-refractivity contribution in [1.82, 2.24) is 19.9 Å². The molecule has 156 valence electrons. The lowest BCUT2D eigenvalue weighted by Crippen LogP contribution is -2.36. The number of hydrogen-bond acceptors (Lipinski definition) is 7. The maximum absolute atomic E-state index is 12.5. The van der Waals surface area contributed by atoms with Gasteiger partial charge in [-0.25, -0.2) is 0 Å². The summed E-state index contributed by atoms with van der Waals surface area (Å²) in [6.07, 6.45) is 0. The normalized spacial score (nSPS) is 14.3. The zero-order valence-electron chi connectivity index (χ0n) is 16.8. The van der Waals surface area contributed by atoms with Crippen LogP contribution in [0.3, 0.4) is 0 Å². The number of hydrogen-bond donors (Lipinski definition) is 1. The van der Waals surface area contributed by atoms with Gasteiger partial charge in [-0.15, -0.1) is 5.10 Å². The molecule has 4 rings (SSSR count). The molecule has 3 aromatic rings. The van der Waals surface area contributed by atoms with Crippen LogP contribution >= 0.6 is 0 Å². The van der Waals surface area contributed by atoms with Crippen LogP contribution in [0.25, 0.3) is 10.9 Å². The Bertz CT molecular complexity index is 1080. The smallest absolute Gasteiger partial charge is 0.278 e. The van der Waals surface area contributed by atoms with Crippen molar-refractivity contribution in [2.24, 2.45) is 0 Å². The van der Waals surface area contributed by atoms with Crippen molar-refractivity contribution in [3.63, 3.8) is 0 Å². The zero-order valence-corrected chi connectivity index (χ0v) is 16.8. The molecule has 1 fully saturated rings. The number of likely N-dealkylation sites (N-methyl/N-ethyl adjacent to an activating group) is 1. The average Bonchev–Trinajstić information content (AvgIpc) is 2.77.